The molecule has 11 heteroatoms. The number of carbonyl (C=O) groups excluding carboxylic acids is 2. The Morgan fingerprint density at radius 1 is 1.33 bits per heavy atom. The Kier molecular flexibility index (Phi) is 4.73. The molecule has 1 atom stereocenters. The van der Waals surface area contributed by atoms with Crippen molar-refractivity contribution in [2.75, 3.05) is 13.2 Å². The van der Waals surface area contributed by atoms with Gasteiger partial charge >= 0.3 is 6.18 Å². The molecule has 3 rings (SSSR count). The van der Waals surface area contributed by atoms with Crippen molar-refractivity contribution in [2.45, 2.75) is 43.3 Å². The average molecular weight is 393 g/mol. The summed E-state index contributed by atoms with van der Waals surface area (Å²) in [5, 5.41) is 0. The number of hydrogen-bond acceptors (Lipinski definition) is 4. The number of amides is 2. The van der Waals surface area contributed by atoms with Gasteiger partial charge in [0, 0.05) is 24.2 Å². The van der Waals surface area contributed by atoms with Gasteiger partial charge in [-0.15, -0.1) is 0 Å². The van der Waals surface area contributed by atoms with Gasteiger partial charge in [0.15, 0.2) is 6.61 Å². The Morgan fingerprint density at radius 2 is 2.00 bits per heavy atom. The number of halogens is 5. The molecule has 148 valence electrons. The number of primary amides is 1. The second kappa shape index (κ2) is 6.61. The van der Waals surface area contributed by atoms with E-state index in [1.54, 1.807) is 0 Å². The first-order valence-electron chi connectivity index (χ1n) is 8.14. The minimum atomic E-state index is -4.58. The van der Waals surface area contributed by atoms with Crippen LogP contribution in [-0.4, -0.2) is 53.0 Å². The quantitative estimate of drug-likeness (QED) is 0.778. The predicted octanol–water partition coefficient (Wildman–Crippen LogP) is 2.24. The number of aromatic nitrogens is 1. The molecule has 1 aliphatic heterocycles. The van der Waals surface area contributed by atoms with Crippen LogP contribution in [0.5, 0.6) is 5.75 Å². The van der Waals surface area contributed by atoms with E-state index in [1.165, 1.54) is 6.20 Å². The van der Waals surface area contributed by atoms with E-state index in [-0.39, 0.29) is 17.4 Å². The van der Waals surface area contributed by atoms with E-state index in [9.17, 15) is 31.5 Å². The van der Waals surface area contributed by atoms with Crippen LogP contribution in [0.25, 0.3) is 0 Å². The van der Waals surface area contributed by atoms with Crippen LogP contribution in [0.2, 0.25) is 0 Å². The lowest BCUT2D eigenvalue weighted by Crippen LogP contribution is -2.44. The van der Waals surface area contributed by atoms with Crippen LogP contribution in [0.3, 0.4) is 0 Å². The third-order valence-corrected chi connectivity index (χ3v) is 4.38. The lowest BCUT2D eigenvalue weighted by Gasteiger charge is -2.21. The minimum absolute atomic E-state index is 0.0145. The van der Waals surface area contributed by atoms with E-state index in [4.69, 9.17) is 10.5 Å². The lowest BCUT2D eigenvalue weighted by atomic mass is 10.1. The van der Waals surface area contributed by atoms with Crippen LogP contribution < -0.4 is 10.5 Å². The van der Waals surface area contributed by atoms with E-state index < -0.39 is 49.5 Å². The molecular formula is C16H16F5N3O3. The topological polar surface area (TPSA) is 85.5 Å². The maximum Gasteiger partial charge on any atom is 0.422 e. The Balaban J connectivity index is 1.87. The maximum atomic E-state index is 13.6. The zero-order chi connectivity index (χ0) is 20.0. The van der Waals surface area contributed by atoms with Crippen LogP contribution in [0.4, 0.5) is 22.0 Å². The summed E-state index contributed by atoms with van der Waals surface area (Å²) in [7, 11) is 0. The first-order chi connectivity index (χ1) is 12.5. The first kappa shape index (κ1) is 19.3. The van der Waals surface area contributed by atoms with Crippen LogP contribution in [0.1, 0.15) is 41.2 Å². The van der Waals surface area contributed by atoms with Gasteiger partial charge in [-0.25, -0.2) is 8.78 Å². The second-order valence-electron chi connectivity index (χ2n) is 6.70. The van der Waals surface area contributed by atoms with Gasteiger partial charge in [0.25, 0.3) is 11.8 Å². The van der Waals surface area contributed by atoms with E-state index >= 15 is 0 Å². The standard InChI is InChI=1S/C16H16F5N3O3/c17-15(18)4-11(13(22)25)24(6-15)14(26)10-3-12(27-7-16(19,20)21)9(5-23-10)8-1-2-8/h3,5,8,11H,1-2,4,6-7H2,(H2,22,25). The number of pyridine rings is 1. The summed E-state index contributed by atoms with van der Waals surface area (Å²) in [6.45, 7) is -2.58. The highest BCUT2D eigenvalue weighted by atomic mass is 19.4. The van der Waals surface area contributed by atoms with E-state index in [0.29, 0.717) is 10.5 Å². The molecule has 0 bridgehead atoms. The van der Waals surface area contributed by atoms with Gasteiger partial charge in [-0.05, 0) is 18.8 Å². The normalized spacial score (nSPS) is 22.0. The van der Waals surface area contributed by atoms with Crippen molar-refractivity contribution < 1.29 is 36.3 Å². The molecule has 0 radical (unpaired) electrons. The van der Waals surface area contributed by atoms with Gasteiger partial charge in [0.1, 0.15) is 17.5 Å². The molecule has 2 N–H and O–H groups in total. The van der Waals surface area contributed by atoms with Crippen molar-refractivity contribution in [3.05, 3.63) is 23.5 Å². The number of nitrogens with zero attached hydrogens (tertiary/aromatic N) is 2. The lowest BCUT2D eigenvalue weighted by molar-refractivity contribution is -0.153. The summed E-state index contributed by atoms with van der Waals surface area (Å²) >= 11 is 0. The summed E-state index contributed by atoms with van der Waals surface area (Å²) in [6.07, 6.45) is -2.78. The molecule has 1 saturated carbocycles. The smallest absolute Gasteiger partial charge is 0.422 e. The molecule has 27 heavy (non-hydrogen) atoms. The van der Waals surface area contributed by atoms with Gasteiger partial charge < -0.3 is 15.4 Å². The van der Waals surface area contributed by atoms with Crippen LogP contribution in [0, 0.1) is 0 Å². The fourth-order valence-electron chi connectivity index (χ4n) is 2.98. The molecule has 2 aliphatic rings. The maximum absolute atomic E-state index is 13.6. The van der Waals surface area contributed by atoms with Crippen molar-refractivity contribution in [1.82, 2.24) is 9.88 Å². The average Bonchev–Trinajstić information content (AvgIpc) is 3.34. The molecule has 1 saturated heterocycles. The van der Waals surface area contributed by atoms with E-state index in [0.717, 1.165) is 18.9 Å². The van der Waals surface area contributed by atoms with E-state index in [1.807, 2.05) is 0 Å². The van der Waals surface area contributed by atoms with Crippen LogP contribution in [-0.2, 0) is 4.79 Å². The van der Waals surface area contributed by atoms with Gasteiger partial charge in [0.2, 0.25) is 5.91 Å². The molecule has 1 unspecified atom stereocenters. The number of likely N-dealkylation sites (tertiary alicyclic amines) is 1. The van der Waals surface area contributed by atoms with Crippen molar-refractivity contribution in [1.29, 1.82) is 0 Å². The number of hydrogen-bond donors (Lipinski definition) is 1. The molecule has 0 spiro atoms. The summed E-state index contributed by atoms with van der Waals surface area (Å²) in [6, 6.07) is -0.520. The summed E-state index contributed by atoms with van der Waals surface area (Å²) in [5.41, 5.74) is 5.12. The molecule has 2 amide bonds. The third-order valence-electron chi connectivity index (χ3n) is 4.38. The number of alkyl halides is 5. The van der Waals surface area contributed by atoms with Crippen molar-refractivity contribution in [3.63, 3.8) is 0 Å². The number of rotatable bonds is 5. The molecule has 1 aromatic heterocycles. The summed E-state index contributed by atoms with van der Waals surface area (Å²) in [4.78, 5) is 28.4. The molecule has 2 heterocycles. The Labute approximate surface area is 150 Å². The molecule has 1 aliphatic carbocycles. The Bertz CT molecular complexity index is 764. The van der Waals surface area contributed by atoms with E-state index in [2.05, 4.69) is 4.98 Å². The monoisotopic (exact) mass is 393 g/mol. The third kappa shape index (κ3) is 4.45. The Morgan fingerprint density at radius 3 is 2.56 bits per heavy atom. The highest BCUT2D eigenvalue weighted by Crippen LogP contribution is 2.44. The first-order valence-corrected chi connectivity index (χ1v) is 8.14. The van der Waals surface area contributed by atoms with Gasteiger partial charge in [-0.1, -0.05) is 0 Å². The molecule has 2 fully saturated rings. The largest absolute Gasteiger partial charge is 0.484 e. The molecule has 6 nitrogen and oxygen atoms in total. The fourth-order valence-corrected chi connectivity index (χ4v) is 2.98. The second-order valence-corrected chi connectivity index (χ2v) is 6.70. The Hall–Kier alpha value is -2.46. The number of ether oxygens (including phenoxy) is 1. The van der Waals surface area contributed by atoms with Crippen molar-refractivity contribution in [3.8, 4) is 5.75 Å². The van der Waals surface area contributed by atoms with Gasteiger partial charge in [0.05, 0.1) is 6.54 Å². The highest BCUT2D eigenvalue weighted by molar-refractivity contribution is 5.96. The molecule has 1 aromatic rings. The highest BCUT2D eigenvalue weighted by Gasteiger charge is 2.49. The van der Waals surface area contributed by atoms with Gasteiger partial charge in [-0.2, -0.15) is 13.2 Å². The van der Waals surface area contributed by atoms with Crippen LogP contribution in [0.15, 0.2) is 12.3 Å². The zero-order valence-electron chi connectivity index (χ0n) is 13.9. The van der Waals surface area contributed by atoms with Crippen molar-refractivity contribution in [2.24, 2.45) is 5.73 Å². The fraction of sp³-hybridized carbons (Fsp3) is 0.562. The van der Waals surface area contributed by atoms with Crippen LogP contribution >= 0.6 is 0 Å². The molecular weight excluding hydrogens is 377 g/mol. The predicted molar refractivity (Wildman–Crippen MR) is 81.3 cm³/mol. The summed E-state index contributed by atoms with van der Waals surface area (Å²) in [5.74, 6) is -5.59. The summed E-state index contributed by atoms with van der Waals surface area (Å²) < 4.78 is 69.4. The number of carbonyl (C=O) groups is 2. The number of nitrogens with two attached hydrogens (primary N) is 1. The van der Waals surface area contributed by atoms with Crippen molar-refractivity contribution >= 4 is 11.8 Å². The molecule has 0 aromatic carbocycles. The minimum Gasteiger partial charge on any atom is -0.484 e. The van der Waals surface area contributed by atoms with Gasteiger partial charge in [-0.3, -0.25) is 14.6 Å². The SMILES string of the molecule is NC(=O)C1CC(F)(F)CN1C(=O)c1cc(OCC(F)(F)F)c(C2CC2)cn1. The zero-order valence-corrected chi connectivity index (χ0v) is 13.9.